The minimum absolute atomic E-state index is 0.539. The molecule has 0 aromatic rings. The number of ether oxygens (including phenoxy) is 1. The third kappa shape index (κ3) is 4.92. The van der Waals surface area contributed by atoms with E-state index in [9.17, 15) is 4.79 Å². The summed E-state index contributed by atoms with van der Waals surface area (Å²) in [4.78, 5) is 13.3. The smallest absolute Gasteiger partial charge is 0.323 e. The number of rotatable bonds is 8. The number of nitrogens with two attached hydrogens (primary N) is 1. The highest BCUT2D eigenvalue weighted by atomic mass is 16.5. The lowest BCUT2D eigenvalue weighted by Crippen LogP contribution is -2.44. The van der Waals surface area contributed by atoms with Crippen LogP contribution >= 0.6 is 0 Å². The second-order valence-electron chi connectivity index (χ2n) is 5.59. The van der Waals surface area contributed by atoms with Gasteiger partial charge in [-0.15, -0.1) is 0 Å². The Bertz CT molecular complexity index is 269. The average molecular weight is 258 g/mol. The van der Waals surface area contributed by atoms with Crippen molar-refractivity contribution in [2.75, 3.05) is 33.4 Å². The van der Waals surface area contributed by atoms with E-state index in [4.69, 9.17) is 15.6 Å². The van der Waals surface area contributed by atoms with Crippen LogP contribution in [0.1, 0.15) is 32.6 Å². The van der Waals surface area contributed by atoms with E-state index in [-0.39, 0.29) is 0 Å². The van der Waals surface area contributed by atoms with Gasteiger partial charge in [0.1, 0.15) is 5.54 Å². The number of unbranched alkanes of at least 4 members (excludes halogenated alkanes) is 1. The summed E-state index contributed by atoms with van der Waals surface area (Å²) < 4.78 is 5.16. The summed E-state index contributed by atoms with van der Waals surface area (Å²) in [5.74, 6) is -0.252. The van der Waals surface area contributed by atoms with Gasteiger partial charge in [0.05, 0.1) is 6.61 Å². The van der Waals surface area contributed by atoms with E-state index in [0.717, 1.165) is 39.1 Å². The average Bonchev–Trinajstić information content (AvgIpc) is 2.73. The molecule has 0 aliphatic carbocycles. The first-order chi connectivity index (χ1) is 8.45. The van der Waals surface area contributed by atoms with E-state index >= 15 is 0 Å². The highest BCUT2D eigenvalue weighted by molar-refractivity contribution is 5.77. The summed E-state index contributed by atoms with van der Waals surface area (Å²) in [7, 11) is 1.75. The lowest BCUT2D eigenvalue weighted by molar-refractivity contribution is -0.142. The van der Waals surface area contributed by atoms with Gasteiger partial charge in [0.2, 0.25) is 0 Å². The van der Waals surface area contributed by atoms with Crippen LogP contribution < -0.4 is 5.73 Å². The first-order valence-corrected chi connectivity index (χ1v) is 6.69. The highest BCUT2D eigenvalue weighted by Gasteiger charge is 2.27. The third-order valence-corrected chi connectivity index (χ3v) is 3.68. The monoisotopic (exact) mass is 258 g/mol. The first-order valence-electron chi connectivity index (χ1n) is 6.69. The molecule has 5 nitrogen and oxygen atoms in total. The Kier molecular flexibility index (Phi) is 6.05. The van der Waals surface area contributed by atoms with Gasteiger partial charge in [0.15, 0.2) is 0 Å². The fraction of sp³-hybridized carbons (Fsp3) is 0.923. The van der Waals surface area contributed by atoms with Gasteiger partial charge in [-0.3, -0.25) is 4.79 Å². The van der Waals surface area contributed by atoms with Gasteiger partial charge in [-0.25, -0.2) is 0 Å². The molecule has 1 rings (SSSR count). The Morgan fingerprint density at radius 1 is 1.56 bits per heavy atom. The lowest BCUT2D eigenvalue weighted by Gasteiger charge is -2.20. The molecule has 1 heterocycles. The van der Waals surface area contributed by atoms with E-state index in [2.05, 4.69) is 4.90 Å². The molecule has 0 spiro atoms. The van der Waals surface area contributed by atoms with Crippen LogP contribution in [0.3, 0.4) is 0 Å². The number of hydrogen-bond acceptors (Lipinski definition) is 4. The van der Waals surface area contributed by atoms with Crippen LogP contribution in [0, 0.1) is 5.92 Å². The second-order valence-corrected chi connectivity index (χ2v) is 5.59. The zero-order valence-electron chi connectivity index (χ0n) is 11.5. The predicted octanol–water partition coefficient (Wildman–Crippen LogP) is 0.927. The molecule has 1 saturated heterocycles. The molecule has 0 bridgehead atoms. The predicted molar refractivity (Wildman–Crippen MR) is 70.5 cm³/mol. The first kappa shape index (κ1) is 15.4. The van der Waals surface area contributed by atoms with Crippen molar-refractivity contribution in [2.24, 2.45) is 11.7 Å². The molecular weight excluding hydrogens is 232 g/mol. The van der Waals surface area contributed by atoms with Gasteiger partial charge in [-0.2, -0.15) is 0 Å². The van der Waals surface area contributed by atoms with E-state index < -0.39 is 11.5 Å². The van der Waals surface area contributed by atoms with Crippen molar-refractivity contribution in [3.8, 4) is 0 Å². The number of hydrogen-bond donors (Lipinski definition) is 2. The topological polar surface area (TPSA) is 75.8 Å². The molecule has 106 valence electrons. The molecule has 3 N–H and O–H groups in total. The Balaban J connectivity index is 2.11. The standard InChI is InChI=1S/C13H26N2O3/c1-13(14,12(16)17)6-3-4-7-15-8-5-11(9-15)10-18-2/h11H,3-10,14H2,1-2H3,(H,16,17). The zero-order valence-corrected chi connectivity index (χ0v) is 11.5. The maximum Gasteiger partial charge on any atom is 0.323 e. The Morgan fingerprint density at radius 2 is 2.28 bits per heavy atom. The third-order valence-electron chi connectivity index (χ3n) is 3.68. The Morgan fingerprint density at radius 3 is 2.89 bits per heavy atom. The van der Waals surface area contributed by atoms with Gasteiger partial charge in [0, 0.05) is 13.7 Å². The van der Waals surface area contributed by atoms with Gasteiger partial charge >= 0.3 is 5.97 Å². The van der Waals surface area contributed by atoms with Gasteiger partial charge in [0.25, 0.3) is 0 Å². The van der Waals surface area contributed by atoms with Crippen molar-refractivity contribution >= 4 is 5.97 Å². The second kappa shape index (κ2) is 7.07. The highest BCUT2D eigenvalue weighted by Crippen LogP contribution is 2.18. The minimum Gasteiger partial charge on any atom is -0.480 e. The normalized spacial score (nSPS) is 24.1. The Labute approximate surface area is 109 Å². The molecule has 5 heteroatoms. The molecule has 1 aliphatic heterocycles. The summed E-state index contributed by atoms with van der Waals surface area (Å²) >= 11 is 0. The van der Waals surface area contributed by atoms with Crippen LogP contribution in [-0.4, -0.2) is 54.9 Å². The lowest BCUT2D eigenvalue weighted by atomic mass is 9.96. The molecular formula is C13H26N2O3. The van der Waals surface area contributed by atoms with Crippen molar-refractivity contribution in [1.82, 2.24) is 4.90 Å². The number of carboxylic acids is 1. The van der Waals surface area contributed by atoms with Crippen molar-refractivity contribution in [3.63, 3.8) is 0 Å². The van der Waals surface area contributed by atoms with Crippen LogP contribution in [-0.2, 0) is 9.53 Å². The summed E-state index contributed by atoms with van der Waals surface area (Å²) in [6.45, 7) is 5.70. The maximum atomic E-state index is 10.8. The van der Waals surface area contributed by atoms with Crippen molar-refractivity contribution < 1.29 is 14.6 Å². The molecule has 0 amide bonds. The van der Waals surface area contributed by atoms with Crippen LogP contribution in [0.15, 0.2) is 0 Å². The van der Waals surface area contributed by atoms with Crippen LogP contribution in [0.5, 0.6) is 0 Å². The van der Waals surface area contributed by atoms with Gasteiger partial charge in [-0.1, -0.05) is 0 Å². The van der Waals surface area contributed by atoms with E-state index in [0.29, 0.717) is 12.3 Å². The fourth-order valence-electron chi connectivity index (χ4n) is 2.42. The zero-order chi connectivity index (χ0) is 13.6. The number of carbonyl (C=O) groups is 1. The molecule has 2 atom stereocenters. The molecule has 1 fully saturated rings. The number of methoxy groups -OCH3 is 1. The van der Waals surface area contributed by atoms with E-state index in [1.165, 1.54) is 6.42 Å². The summed E-state index contributed by atoms with van der Waals surface area (Å²) in [5.41, 5.74) is 4.61. The number of likely N-dealkylation sites (tertiary alicyclic amines) is 1. The van der Waals surface area contributed by atoms with Crippen molar-refractivity contribution in [1.29, 1.82) is 0 Å². The summed E-state index contributed by atoms with van der Waals surface area (Å²) in [6.07, 6.45) is 3.62. The molecule has 0 aromatic carbocycles. The summed E-state index contributed by atoms with van der Waals surface area (Å²) in [6, 6.07) is 0. The van der Waals surface area contributed by atoms with Crippen LogP contribution in [0.4, 0.5) is 0 Å². The largest absolute Gasteiger partial charge is 0.480 e. The number of aliphatic carboxylic acids is 1. The summed E-state index contributed by atoms with van der Waals surface area (Å²) in [5, 5.41) is 8.90. The molecule has 0 aromatic heterocycles. The number of carboxylic acid groups (broad SMARTS) is 1. The van der Waals surface area contributed by atoms with Crippen LogP contribution in [0.2, 0.25) is 0 Å². The van der Waals surface area contributed by atoms with Crippen molar-refractivity contribution in [3.05, 3.63) is 0 Å². The maximum absolute atomic E-state index is 10.8. The van der Waals surface area contributed by atoms with Gasteiger partial charge < -0.3 is 20.5 Å². The number of nitrogens with zero attached hydrogens (tertiary/aromatic N) is 1. The van der Waals surface area contributed by atoms with Crippen molar-refractivity contribution in [2.45, 2.75) is 38.1 Å². The van der Waals surface area contributed by atoms with E-state index in [1.807, 2.05) is 0 Å². The minimum atomic E-state index is -1.08. The molecule has 0 saturated carbocycles. The van der Waals surface area contributed by atoms with E-state index in [1.54, 1.807) is 14.0 Å². The Hall–Kier alpha value is -0.650. The van der Waals surface area contributed by atoms with Crippen LogP contribution in [0.25, 0.3) is 0 Å². The fourth-order valence-corrected chi connectivity index (χ4v) is 2.42. The molecule has 1 aliphatic rings. The quantitative estimate of drug-likeness (QED) is 0.633. The SMILES string of the molecule is COCC1CCN(CCCCC(C)(N)C(=O)O)C1. The molecule has 0 radical (unpaired) electrons. The van der Waals surface area contributed by atoms with Gasteiger partial charge in [-0.05, 0) is 51.6 Å². The molecule has 18 heavy (non-hydrogen) atoms. The molecule has 2 unspecified atom stereocenters.